The molecule has 0 aliphatic carbocycles. The SMILES string of the molecule is O=C(c1ccc(NC(=S)NCCCN2CCc3ccccc32)cc1)N1CCCCC1. The van der Waals surface area contributed by atoms with Crippen LogP contribution in [0.5, 0.6) is 0 Å². The van der Waals surface area contributed by atoms with Crippen LogP contribution in [0.3, 0.4) is 0 Å². The lowest BCUT2D eigenvalue weighted by Gasteiger charge is -2.26. The van der Waals surface area contributed by atoms with Gasteiger partial charge in [0.25, 0.3) is 5.91 Å². The maximum Gasteiger partial charge on any atom is 0.253 e. The van der Waals surface area contributed by atoms with Crippen LogP contribution in [0.4, 0.5) is 11.4 Å². The van der Waals surface area contributed by atoms with Gasteiger partial charge < -0.3 is 20.4 Å². The van der Waals surface area contributed by atoms with Crippen LogP contribution in [-0.2, 0) is 6.42 Å². The van der Waals surface area contributed by atoms with Gasteiger partial charge in [0.15, 0.2) is 5.11 Å². The van der Waals surface area contributed by atoms with E-state index in [4.69, 9.17) is 12.2 Å². The van der Waals surface area contributed by atoms with Crippen molar-refractivity contribution in [3.8, 4) is 0 Å². The molecule has 0 aromatic heterocycles. The third-order valence-corrected chi connectivity index (χ3v) is 6.15. The Morgan fingerprint density at radius 2 is 1.73 bits per heavy atom. The molecule has 5 nitrogen and oxygen atoms in total. The lowest BCUT2D eigenvalue weighted by Crippen LogP contribution is -2.35. The number of hydrogen-bond donors (Lipinski definition) is 2. The number of hydrogen-bond acceptors (Lipinski definition) is 3. The van der Waals surface area contributed by atoms with Crippen molar-refractivity contribution >= 4 is 34.6 Å². The Morgan fingerprint density at radius 3 is 2.53 bits per heavy atom. The molecular weight excluding hydrogens is 392 g/mol. The smallest absolute Gasteiger partial charge is 0.253 e. The van der Waals surface area contributed by atoms with E-state index >= 15 is 0 Å². The molecule has 4 rings (SSSR count). The number of nitrogens with zero attached hydrogens (tertiary/aromatic N) is 2. The zero-order valence-corrected chi connectivity index (χ0v) is 18.2. The van der Waals surface area contributed by atoms with E-state index in [2.05, 4.69) is 39.8 Å². The summed E-state index contributed by atoms with van der Waals surface area (Å²) in [4.78, 5) is 17.0. The topological polar surface area (TPSA) is 47.6 Å². The number of piperidine rings is 1. The van der Waals surface area contributed by atoms with Crippen molar-refractivity contribution in [3.05, 3.63) is 59.7 Å². The van der Waals surface area contributed by atoms with Crippen molar-refractivity contribution in [1.82, 2.24) is 10.2 Å². The van der Waals surface area contributed by atoms with Crippen LogP contribution in [0.2, 0.25) is 0 Å². The number of benzene rings is 2. The molecule has 2 heterocycles. The summed E-state index contributed by atoms with van der Waals surface area (Å²) in [5.41, 5.74) is 4.46. The number of amides is 1. The van der Waals surface area contributed by atoms with Gasteiger partial charge >= 0.3 is 0 Å². The van der Waals surface area contributed by atoms with E-state index in [0.717, 1.165) is 69.7 Å². The molecule has 0 saturated carbocycles. The van der Waals surface area contributed by atoms with E-state index in [-0.39, 0.29) is 5.91 Å². The van der Waals surface area contributed by atoms with Crippen LogP contribution >= 0.6 is 12.2 Å². The predicted octanol–water partition coefficient (Wildman–Crippen LogP) is 4.05. The number of carbonyl (C=O) groups is 1. The molecule has 0 bridgehead atoms. The molecule has 1 fully saturated rings. The molecule has 6 heteroatoms. The Bertz CT molecular complexity index is 877. The maximum atomic E-state index is 12.6. The molecular formula is C24H30N4OS. The first-order valence-corrected chi connectivity index (χ1v) is 11.4. The molecule has 158 valence electrons. The second kappa shape index (κ2) is 9.94. The van der Waals surface area contributed by atoms with Crippen LogP contribution in [0.1, 0.15) is 41.6 Å². The van der Waals surface area contributed by atoms with Gasteiger partial charge in [-0.05, 0) is 80.2 Å². The van der Waals surface area contributed by atoms with Crippen molar-refractivity contribution in [1.29, 1.82) is 0 Å². The summed E-state index contributed by atoms with van der Waals surface area (Å²) in [6.45, 7) is 4.70. The normalized spacial score (nSPS) is 15.6. The molecule has 0 unspecified atom stereocenters. The Labute approximate surface area is 184 Å². The summed E-state index contributed by atoms with van der Waals surface area (Å²) in [5.74, 6) is 0.130. The van der Waals surface area contributed by atoms with Crippen molar-refractivity contribution in [2.24, 2.45) is 0 Å². The summed E-state index contributed by atoms with van der Waals surface area (Å²) in [5, 5.41) is 7.12. The highest BCUT2D eigenvalue weighted by Crippen LogP contribution is 2.27. The van der Waals surface area contributed by atoms with E-state index in [1.54, 1.807) is 0 Å². The largest absolute Gasteiger partial charge is 0.371 e. The van der Waals surface area contributed by atoms with E-state index in [1.807, 2.05) is 29.2 Å². The molecule has 1 amide bonds. The quantitative estimate of drug-likeness (QED) is 0.543. The Hall–Kier alpha value is -2.60. The lowest BCUT2D eigenvalue weighted by molar-refractivity contribution is 0.0724. The van der Waals surface area contributed by atoms with Crippen LogP contribution in [-0.4, -0.2) is 48.6 Å². The summed E-state index contributed by atoms with van der Waals surface area (Å²) in [6.07, 6.45) is 5.60. The van der Waals surface area contributed by atoms with Gasteiger partial charge in [-0.1, -0.05) is 18.2 Å². The fourth-order valence-electron chi connectivity index (χ4n) is 4.26. The van der Waals surface area contributed by atoms with Gasteiger partial charge in [-0.25, -0.2) is 0 Å². The van der Waals surface area contributed by atoms with E-state index < -0.39 is 0 Å². The summed E-state index contributed by atoms with van der Waals surface area (Å²) >= 11 is 5.42. The first-order valence-electron chi connectivity index (χ1n) is 11.0. The second-order valence-electron chi connectivity index (χ2n) is 8.03. The van der Waals surface area contributed by atoms with Crippen molar-refractivity contribution < 1.29 is 4.79 Å². The van der Waals surface area contributed by atoms with Gasteiger partial charge in [0.1, 0.15) is 0 Å². The van der Waals surface area contributed by atoms with Crippen molar-refractivity contribution in [2.75, 3.05) is 42.9 Å². The first kappa shape index (κ1) is 20.7. The molecule has 2 aromatic carbocycles. The number of para-hydroxylation sites is 1. The summed E-state index contributed by atoms with van der Waals surface area (Å²) in [6, 6.07) is 16.3. The van der Waals surface area contributed by atoms with Gasteiger partial charge in [-0.3, -0.25) is 4.79 Å². The summed E-state index contributed by atoms with van der Waals surface area (Å²) < 4.78 is 0. The standard InChI is InChI=1S/C24H30N4OS/c29-23(28-15-4-1-5-16-28)20-9-11-21(12-10-20)26-24(30)25-14-6-17-27-18-13-19-7-2-3-8-22(19)27/h2-3,7-12H,1,4-6,13-18H2,(H2,25,26,30). The second-order valence-corrected chi connectivity index (χ2v) is 8.44. The number of thiocarbonyl (C=S) groups is 1. The average molecular weight is 423 g/mol. The Kier molecular flexibility index (Phi) is 6.84. The highest BCUT2D eigenvalue weighted by molar-refractivity contribution is 7.80. The minimum atomic E-state index is 0.130. The van der Waals surface area contributed by atoms with Gasteiger partial charge in [0, 0.05) is 49.7 Å². The predicted molar refractivity (Wildman–Crippen MR) is 127 cm³/mol. The molecule has 2 N–H and O–H groups in total. The monoisotopic (exact) mass is 422 g/mol. The number of likely N-dealkylation sites (tertiary alicyclic amines) is 1. The number of rotatable bonds is 6. The molecule has 0 radical (unpaired) electrons. The molecule has 2 aliphatic heterocycles. The van der Waals surface area contributed by atoms with Crippen molar-refractivity contribution in [3.63, 3.8) is 0 Å². The number of fused-ring (bicyclic) bond motifs is 1. The third kappa shape index (κ3) is 5.11. The molecule has 2 aromatic rings. The van der Waals surface area contributed by atoms with Crippen LogP contribution in [0.25, 0.3) is 0 Å². The number of anilines is 2. The van der Waals surface area contributed by atoms with Gasteiger partial charge in [-0.2, -0.15) is 0 Å². The molecule has 30 heavy (non-hydrogen) atoms. The van der Waals surface area contributed by atoms with E-state index in [0.29, 0.717) is 5.11 Å². The van der Waals surface area contributed by atoms with Crippen LogP contribution in [0.15, 0.2) is 48.5 Å². The third-order valence-electron chi connectivity index (χ3n) is 5.91. The maximum absolute atomic E-state index is 12.6. The number of nitrogens with one attached hydrogen (secondary N) is 2. The Morgan fingerprint density at radius 1 is 0.967 bits per heavy atom. The van der Waals surface area contributed by atoms with E-state index in [9.17, 15) is 4.79 Å². The number of carbonyl (C=O) groups excluding carboxylic acids is 1. The van der Waals surface area contributed by atoms with Gasteiger partial charge in [-0.15, -0.1) is 0 Å². The first-order chi connectivity index (χ1) is 14.7. The lowest BCUT2D eigenvalue weighted by atomic mass is 10.1. The fourth-order valence-corrected chi connectivity index (χ4v) is 4.48. The molecule has 0 atom stereocenters. The van der Waals surface area contributed by atoms with Crippen LogP contribution < -0.4 is 15.5 Å². The minimum absolute atomic E-state index is 0.130. The van der Waals surface area contributed by atoms with Gasteiger partial charge in [0.05, 0.1) is 0 Å². The molecule has 0 spiro atoms. The van der Waals surface area contributed by atoms with Crippen LogP contribution in [0, 0.1) is 0 Å². The highest BCUT2D eigenvalue weighted by atomic mass is 32.1. The Balaban J connectivity index is 1.18. The molecule has 2 aliphatic rings. The van der Waals surface area contributed by atoms with Gasteiger partial charge in [0.2, 0.25) is 0 Å². The average Bonchev–Trinajstić information content (AvgIpc) is 3.20. The zero-order valence-electron chi connectivity index (χ0n) is 17.4. The van der Waals surface area contributed by atoms with Crippen molar-refractivity contribution in [2.45, 2.75) is 32.1 Å². The highest BCUT2D eigenvalue weighted by Gasteiger charge is 2.18. The fraction of sp³-hybridized carbons (Fsp3) is 0.417. The summed E-state index contributed by atoms with van der Waals surface area (Å²) in [7, 11) is 0. The zero-order chi connectivity index (χ0) is 20.8. The van der Waals surface area contributed by atoms with E-state index in [1.165, 1.54) is 17.7 Å². The minimum Gasteiger partial charge on any atom is -0.371 e. The molecule has 1 saturated heterocycles.